The average Bonchev–Trinajstić information content (AvgIpc) is 3.06. The molecule has 1 heterocycles. The third-order valence-corrected chi connectivity index (χ3v) is 6.57. The summed E-state index contributed by atoms with van der Waals surface area (Å²) < 4.78 is 5.31. The average molecular weight is 545 g/mol. The fourth-order valence-electron chi connectivity index (χ4n) is 4.55. The Labute approximate surface area is 232 Å². The smallest absolute Gasteiger partial charge is 0.326 e. The maximum absolute atomic E-state index is 13.9. The predicted molar refractivity (Wildman–Crippen MR) is 151 cm³/mol. The zero-order valence-electron chi connectivity index (χ0n) is 22.5. The summed E-state index contributed by atoms with van der Waals surface area (Å²) >= 11 is 0. The summed E-state index contributed by atoms with van der Waals surface area (Å²) in [7, 11) is 0. The van der Waals surface area contributed by atoms with Crippen LogP contribution in [0.3, 0.4) is 0 Å². The molecule has 40 heavy (non-hydrogen) atoms. The highest BCUT2D eigenvalue weighted by molar-refractivity contribution is 6.13. The van der Waals surface area contributed by atoms with Crippen LogP contribution in [0.5, 0.6) is 0 Å². The molecule has 0 saturated heterocycles. The Balaban J connectivity index is 1.70. The van der Waals surface area contributed by atoms with Crippen molar-refractivity contribution >= 4 is 51.7 Å². The van der Waals surface area contributed by atoms with Gasteiger partial charge in [-0.2, -0.15) is 0 Å². The number of ether oxygens (including phenoxy) is 1. The first kappa shape index (κ1) is 28.3. The third-order valence-electron chi connectivity index (χ3n) is 6.57. The molecule has 208 valence electrons. The second kappa shape index (κ2) is 12.9. The van der Waals surface area contributed by atoms with E-state index >= 15 is 0 Å². The van der Waals surface area contributed by atoms with Gasteiger partial charge in [-0.1, -0.05) is 61.9 Å². The number of hydrogen-bond acceptors (Lipinski definition) is 6. The monoisotopic (exact) mass is 544 g/mol. The van der Waals surface area contributed by atoms with Crippen molar-refractivity contribution in [3.63, 3.8) is 0 Å². The van der Waals surface area contributed by atoms with Gasteiger partial charge in [0.05, 0.1) is 31.1 Å². The molecule has 0 spiro atoms. The van der Waals surface area contributed by atoms with Crippen LogP contribution in [0.2, 0.25) is 0 Å². The number of benzene rings is 3. The summed E-state index contributed by atoms with van der Waals surface area (Å²) in [4.78, 5) is 67.5. The molecule has 1 atom stereocenters. The van der Waals surface area contributed by atoms with E-state index in [1.807, 2.05) is 37.3 Å². The van der Waals surface area contributed by atoms with Gasteiger partial charge in [0.1, 0.15) is 12.6 Å². The number of carbonyl (C=O) groups excluding carboxylic acids is 5. The topological polar surface area (TPSA) is 125 Å². The lowest BCUT2D eigenvalue weighted by Crippen LogP contribution is -2.54. The number of fused-ring (bicyclic) bond motifs is 2. The van der Waals surface area contributed by atoms with E-state index in [0.29, 0.717) is 28.7 Å². The molecule has 3 aromatic carbocycles. The second-order valence-corrected chi connectivity index (χ2v) is 9.45. The molecule has 4 amide bonds. The number of unbranched alkanes of at least 4 members (excludes halogenated alkanes) is 1. The summed E-state index contributed by atoms with van der Waals surface area (Å²) in [5, 5.41) is 6.85. The number of para-hydroxylation sites is 2. The number of amides is 4. The van der Waals surface area contributed by atoms with Crippen LogP contribution in [0.15, 0.2) is 66.7 Å². The van der Waals surface area contributed by atoms with Crippen LogP contribution < -0.4 is 20.4 Å². The Morgan fingerprint density at radius 1 is 0.950 bits per heavy atom. The molecule has 0 saturated carbocycles. The van der Waals surface area contributed by atoms with Gasteiger partial charge in [0.15, 0.2) is 0 Å². The van der Waals surface area contributed by atoms with Crippen molar-refractivity contribution < 1.29 is 28.7 Å². The number of anilines is 2. The molecular formula is C30H32N4O6. The molecule has 10 heteroatoms. The molecule has 0 bridgehead atoms. The van der Waals surface area contributed by atoms with Crippen LogP contribution in [0.25, 0.3) is 10.8 Å². The van der Waals surface area contributed by atoms with Crippen molar-refractivity contribution in [3.8, 4) is 0 Å². The highest BCUT2D eigenvalue weighted by atomic mass is 16.5. The summed E-state index contributed by atoms with van der Waals surface area (Å²) in [6.07, 6.45) is 1.53. The van der Waals surface area contributed by atoms with E-state index in [0.717, 1.165) is 11.8 Å². The minimum absolute atomic E-state index is 0.202. The fraction of sp³-hybridized carbons (Fsp3) is 0.300. The van der Waals surface area contributed by atoms with Crippen molar-refractivity contribution in [2.45, 2.75) is 32.7 Å². The van der Waals surface area contributed by atoms with E-state index in [1.165, 1.54) is 16.7 Å². The lowest BCUT2D eigenvalue weighted by Gasteiger charge is -2.25. The SMILES string of the molecule is CCCCOC(=O)CN1C(=O)C(NC(=O)c2cccc3ccccc23)CN(C(=O)CNC(C)=O)c2ccccc21. The van der Waals surface area contributed by atoms with Crippen molar-refractivity contribution in [2.24, 2.45) is 0 Å². The number of nitrogens with zero attached hydrogens (tertiary/aromatic N) is 2. The van der Waals surface area contributed by atoms with Crippen molar-refractivity contribution in [3.05, 3.63) is 72.3 Å². The maximum Gasteiger partial charge on any atom is 0.326 e. The molecule has 2 N–H and O–H groups in total. The lowest BCUT2D eigenvalue weighted by molar-refractivity contribution is -0.143. The van der Waals surface area contributed by atoms with Gasteiger partial charge in [0, 0.05) is 12.5 Å². The molecular weight excluding hydrogens is 512 g/mol. The Kier molecular flexibility index (Phi) is 9.11. The first-order chi connectivity index (χ1) is 19.3. The molecule has 0 aromatic heterocycles. The summed E-state index contributed by atoms with van der Waals surface area (Å²) in [6, 6.07) is 18.2. The summed E-state index contributed by atoms with van der Waals surface area (Å²) in [6.45, 7) is 2.59. The lowest BCUT2D eigenvalue weighted by atomic mass is 10.0. The molecule has 1 aliphatic heterocycles. The van der Waals surface area contributed by atoms with Crippen LogP contribution in [0.4, 0.5) is 11.4 Å². The Morgan fingerprint density at radius 2 is 1.65 bits per heavy atom. The largest absolute Gasteiger partial charge is 0.464 e. The molecule has 10 nitrogen and oxygen atoms in total. The van der Waals surface area contributed by atoms with Crippen molar-refractivity contribution in [1.29, 1.82) is 0 Å². The minimum atomic E-state index is -1.19. The minimum Gasteiger partial charge on any atom is -0.464 e. The highest BCUT2D eigenvalue weighted by Crippen LogP contribution is 2.33. The summed E-state index contributed by atoms with van der Waals surface area (Å²) in [5.74, 6) is -2.53. The Hall–Kier alpha value is -4.73. The summed E-state index contributed by atoms with van der Waals surface area (Å²) in [5.41, 5.74) is 1.06. The van der Waals surface area contributed by atoms with E-state index in [9.17, 15) is 24.0 Å². The van der Waals surface area contributed by atoms with E-state index in [4.69, 9.17) is 4.74 Å². The molecule has 1 unspecified atom stereocenters. The van der Waals surface area contributed by atoms with Gasteiger partial charge in [-0.05, 0) is 35.4 Å². The molecule has 4 rings (SSSR count). The van der Waals surface area contributed by atoms with Crippen LogP contribution in [-0.4, -0.2) is 61.9 Å². The second-order valence-electron chi connectivity index (χ2n) is 9.45. The first-order valence-electron chi connectivity index (χ1n) is 13.2. The number of nitrogens with one attached hydrogen (secondary N) is 2. The zero-order chi connectivity index (χ0) is 28.6. The molecule has 3 aromatic rings. The fourth-order valence-corrected chi connectivity index (χ4v) is 4.55. The maximum atomic E-state index is 13.9. The van der Waals surface area contributed by atoms with E-state index in [2.05, 4.69) is 10.6 Å². The van der Waals surface area contributed by atoms with Gasteiger partial charge in [-0.15, -0.1) is 0 Å². The Morgan fingerprint density at radius 3 is 2.40 bits per heavy atom. The standard InChI is InChI=1S/C30H32N4O6/c1-3-4-16-40-28(37)19-34-26-15-8-7-14-25(26)33(27(36)17-31-20(2)35)18-24(30(34)39)32-29(38)23-13-9-11-21-10-5-6-12-22(21)23/h5-15,24H,3-4,16-19H2,1-2H3,(H,31,35)(H,32,38). The number of carbonyl (C=O) groups is 5. The van der Waals surface area contributed by atoms with Gasteiger partial charge in [-0.3, -0.25) is 28.9 Å². The van der Waals surface area contributed by atoms with Gasteiger partial charge < -0.3 is 20.3 Å². The zero-order valence-corrected chi connectivity index (χ0v) is 22.5. The van der Waals surface area contributed by atoms with Crippen LogP contribution in [0.1, 0.15) is 37.0 Å². The molecule has 0 fully saturated rings. The quantitative estimate of drug-likeness (QED) is 0.315. The predicted octanol–water partition coefficient (Wildman–Crippen LogP) is 2.80. The Bertz CT molecular complexity index is 1430. The van der Waals surface area contributed by atoms with Gasteiger partial charge >= 0.3 is 5.97 Å². The van der Waals surface area contributed by atoms with Gasteiger partial charge in [0.2, 0.25) is 11.8 Å². The van der Waals surface area contributed by atoms with E-state index in [1.54, 1.807) is 36.4 Å². The van der Waals surface area contributed by atoms with Crippen LogP contribution >= 0.6 is 0 Å². The third kappa shape index (κ3) is 6.45. The highest BCUT2D eigenvalue weighted by Gasteiger charge is 2.38. The molecule has 1 aliphatic rings. The van der Waals surface area contributed by atoms with Crippen LogP contribution in [0, 0.1) is 0 Å². The van der Waals surface area contributed by atoms with Crippen molar-refractivity contribution in [1.82, 2.24) is 10.6 Å². The van der Waals surface area contributed by atoms with Crippen LogP contribution in [-0.2, 0) is 23.9 Å². The molecule has 0 aliphatic carbocycles. The van der Waals surface area contributed by atoms with E-state index in [-0.39, 0.29) is 25.6 Å². The van der Waals surface area contributed by atoms with Crippen molar-refractivity contribution in [2.75, 3.05) is 36.0 Å². The van der Waals surface area contributed by atoms with Gasteiger partial charge in [0.25, 0.3) is 11.8 Å². The normalized spacial score (nSPS) is 14.8. The number of esters is 1. The van der Waals surface area contributed by atoms with E-state index < -0.39 is 36.3 Å². The number of rotatable bonds is 9. The van der Waals surface area contributed by atoms with Gasteiger partial charge in [-0.25, -0.2) is 0 Å². The first-order valence-corrected chi connectivity index (χ1v) is 13.2. The molecule has 0 radical (unpaired) electrons. The number of hydrogen-bond donors (Lipinski definition) is 2.